The van der Waals surface area contributed by atoms with Gasteiger partial charge in [-0.2, -0.15) is 13.2 Å². The van der Waals surface area contributed by atoms with Crippen LogP contribution in [0.1, 0.15) is 41.0 Å². The number of hydrogen-bond acceptors (Lipinski definition) is 4. The molecule has 0 aliphatic carbocycles. The van der Waals surface area contributed by atoms with Crippen molar-refractivity contribution < 1.29 is 22.7 Å². The van der Waals surface area contributed by atoms with E-state index in [1.165, 1.54) is 4.90 Å². The molecule has 0 aromatic carbocycles. The maximum atomic E-state index is 12.9. The molecule has 0 saturated carbocycles. The molecule has 158 valence electrons. The lowest BCUT2D eigenvalue weighted by Crippen LogP contribution is -2.61. The fourth-order valence-electron chi connectivity index (χ4n) is 4.44. The number of carbonyl (C=O) groups excluding carboxylic acids is 1. The fourth-order valence-corrected chi connectivity index (χ4v) is 4.44. The smallest absolute Gasteiger partial charge is 0.378 e. The van der Waals surface area contributed by atoms with Crippen molar-refractivity contribution in [2.45, 2.75) is 58.8 Å². The molecular formula is C19H34F3N3O2. The number of morpholine rings is 1. The van der Waals surface area contributed by atoms with Crippen molar-refractivity contribution in [1.82, 2.24) is 14.7 Å². The molecule has 1 unspecified atom stereocenters. The number of amides is 1. The monoisotopic (exact) mass is 393 g/mol. The first-order chi connectivity index (χ1) is 12.3. The molecule has 2 rings (SSSR count). The van der Waals surface area contributed by atoms with Gasteiger partial charge in [0.1, 0.15) is 6.04 Å². The summed E-state index contributed by atoms with van der Waals surface area (Å²) in [4.78, 5) is 18.1. The molecule has 0 radical (unpaired) electrons. The third-order valence-corrected chi connectivity index (χ3v) is 5.32. The zero-order chi connectivity index (χ0) is 20.5. The van der Waals surface area contributed by atoms with E-state index in [1.807, 2.05) is 0 Å². The number of halogens is 3. The number of carbonyl (C=O) groups is 1. The number of piperazine rings is 1. The largest absolute Gasteiger partial charge is 0.401 e. The highest BCUT2D eigenvalue weighted by atomic mass is 19.4. The summed E-state index contributed by atoms with van der Waals surface area (Å²) in [7, 11) is 0. The number of nitrogens with zero attached hydrogens (tertiary/aromatic N) is 3. The summed E-state index contributed by atoms with van der Waals surface area (Å²) in [6.45, 7) is 13.0. The quantitative estimate of drug-likeness (QED) is 0.736. The molecule has 0 bridgehead atoms. The van der Waals surface area contributed by atoms with Gasteiger partial charge in [-0.15, -0.1) is 0 Å². The topological polar surface area (TPSA) is 36.0 Å². The van der Waals surface area contributed by atoms with Crippen LogP contribution in [0.3, 0.4) is 0 Å². The number of ether oxygens (including phenoxy) is 1. The van der Waals surface area contributed by atoms with Crippen LogP contribution in [0.25, 0.3) is 0 Å². The van der Waals surface area contributed by atoms with Gasteiger partial charge in [-0.25, -0.2) is 0 Å². The van der Waals surface area contributed by atoms with Crippen LogP contribution in [0.15, 0.2) is 0 Å². The minimum Gasteiger partial charge on any atom is -0.378 e. The number of alkyl halides is 3. The van der Waals surface area contributed by atoms with E-state index < -0.39 is 18.8 Å². The van der Waals surface area contributed by atoms with Gasteiger partial charge in [-0.1, -0.05) is 20.8 Å². The highest BCUT2D eigenvalue weighted by molar-refractivity contribution is 5.82. The highest BCUT2D eigenvalue weighted by Gasteiger charge is 2.41. The zero-order valence-corrected chi connectivity index (χ0v) is 17.2. The van der Waals surface area contributed by atoms with Gasteiger partial charge in [-0.3, -0.25) is 14.6 Å². The summed E-state index contributed by atoms with van der Waals surface area (Å²) in [5.41, 5.74) is 0.220. The summed E-state index contributed by atoms with van der Waals surface area (Å²) in [5.74, 6) is -0.243. The predicted octanol–water partition coefficient (Wildman–Crippen LogP) is 2.61. The third kappa shape index (κ3) is 6.61. The molecule has 0 aromatic heterocycles. The molecule has 0 spiro atoms. The summed E-state index contributed by atoms with van der Waals surface area (Å²) in [6.07, 6.45) is -3.28. The predicted molar refractivity (Wildman–Crippen MR) is 98.5 cm³/mol. The lowest BCUT2D eigenvalue weighted by atomic mass is 9.80. The van der Waals surface area contributed by atoms with Crippen LogP contribution in [0.5, 0.6) is 0 Å². The molecule has 1 amide bonds. The molecule has 0 N–H and O–H groups in total. The Labute approximate surface area is 160 Å². The van der Waals surface area contributed by atoms with Crippen LogP contribution < -0.4 is 0 Å². The second kappa shape index (κ2) is 8.25. The van der Waals surface area contributed by atoms with Gasteiger partial charge in [0.15, 0.2) is 0 Å². The lowest BCUT2D eigenvalue weighted by Gasteiger charge is -2.47. The Hall–Kier alpha value is -0.860. The summed E-state index contributed by atoms with van der Waals surface area (Å²) in [5, 5.41) is 0. The van der Waals surface area contributed by atoms with Gasteiger partial charge in [-0.05, 0) is 25.7 Å². The Balaban J connectivity index is 1.95. The lowest BCUT2D eigenvalue weighted by molar-refractivity contribution is -0.171. The minimum atomic E-state index is -4.31. The summed E-state index contributed by atoms with van der Waals surface area (Å²) < 4.78 is 43.8. The molecule has 2 saturated heterocycles. The van der Waals surface area contributed by atoms with Crippen molar-refractivity contribution in [3.05, 3.63) is 0 Å². The van der Waals surface area contributed by atoms with Crippen LogP contribution in [0.2, 0.25) is 0 Å². The van der Waals surface area contributed by atoms with Gasteiger partial charge in [0.05, 0.1) is 19.8 Å². The van der Waals surface area contributed by atoms with E-state index in [9.17, 15) is 18.0 Å². The zero-order valence-electron chi connectivity index (χ0n) is 17.2. The maximum absolute atomic E-state index is 12.9. The van der Waals surface area contributed by atoms with Crippen LogP contribution in [-0.2, 0) is 9.53 Å². The van der Waals surface area contributed by atoms with E-state index in [0.29, 0.717) is 13.1 Å². The van der Waals surface area contributed by atoms with Crippen molar-refractivity contribution in [1.29, 1.82) is 0 Å². The first kappa shape index (κ1) is 22.4. The van der Waals surface area contributed by atoms with Gasteiger partial charge in [0, 0.05) is 38.3 Å². The molecule has 2 heterocycles. The molecule has 1 atom stereocenters. The van der Waals surface area contributed by atoms with Crippen LogP contribution in [0.4, 0.5) is 13.2 Å². The van der Waals surface area contributed by atoms with E-state index in [-0.39, 0.29) is 36.6 Å². The maximum Gasteiger partial charge on any atom is 0.401 e. The summed E-state index contributed by atoms with van der Waals surface area (Å²) >= 11 is 0. The van der Waals surface area contributed by atoms with Crippen molar-refractivity contribution >= 4 is 5.91 Å². The SMILES string of the molecule is CC(C)(C)CC(C)(C)N1CCN(C(=O)C2COCCN2CC(F)(F)F)CC1. The Morgan fingerprint density at radius 1 is 1.00 bits per heavy atom. The molecule has 8 heteroatoms. The van der Waals surface area contributed by atoms with Crippen LogP contribution >= 0.6 is 0 Å². The summed E-state index contributed by atoms with van der Waals surface area (Å²) in [6, 6.07) is -0.838. The molecule has 5 nitrogen and oxygen atoms in total. The molecular weight excluding hydrogens is 359 g/mol. The van der Waals surface area contributed by atoms with E-state index in [4.69, 9.17) is 4.74 Å². The number of hydrogen-bond donors (Lipinski definition) is 0. The van der Waals surface area contributed by atoms with Crippen molar-refractivity contribution in [2.75, 3.05) is 52.5 Å². The average molecular weight is 393 g/mol. The first-order valence-electron chi connectivity index (χ1n) is 9.71. The van der Waals surface area contributed by atoms with Crippen molar-refractivity contribution in [2.24, 2.45) is 5.41 Å². The fraction of sp³-hybridized carbons (Fsp3) is 0.947. The Bertz CT molecular complexity index is 509. The van der Waals surface area contributed by atoms with Crippen LogP contribution in [-0.4, -0.2) is 90.8 Å². The molecule has 2 aliphatic rings. The second-order valence-corrected chi connectivity index (χ2v) is 9.54. The van der Waals surface area contributed by atoms with Crippen molar-refractivity contribution in [3.8, 4) is 0 Å². The standard InChI is InChI=1S/C19H34F3N3O2/c1-17(2,3)13-18(4,5)25-8-6-23(7-9-25)16(26)15-12-27-11-10-24(15)14-19(20,21)22/h15H,6-14H2,1-5H3. The molecule has 2 fully saturated rings. The second-order valence-electron chi connectivity index (χ2n) is 9.54. The Kier molecular flexibility index (Phi) is 6.85. The minimum absolute atomic E-state index is 0.0175. The van der Waals surface area contributed by atoms with Gasteiger partial charge < -0.3 is 9.64 Å². The van der Waals surface area contributed by atoms with E-state index in [2.05, 4.69) is 39.5 Å². The third-order valence-electron chi connectivity index (χ3n) is 5.32. The Morgan fingerprint density at radius 3 is 2.11 bits per heavy atom. The molecule has 0 aromatic rings. The van der Waals surface area contributed by atoms with E-state index in [0.717, 1.165) is 19.5 Å². The van der Waals surface area contributed by atoms with E-state index >= 15 is 0 Å². The first-order valence-corrected chi connectivity index (χ1v) is 9.71. The van der Waals surface area contributed by atoms with Gasteiger partial charge in [0.2, 0.25) is 5.91 Å². The molecule has 2 aliphatic heterocycles. The van der Waals surface area contributed by atoms with Gasteiger partial charge >= 0.3 is 6.18 Å². The normalized spacial score (nSPS) is 24.3. The van der Waals surface area contributed by atoms with Gasteiger partial charge in [0.25, 0.3) is 0 Å². The highest BCUT2D eigenvalue weighted by Crippen LogP contribution is 2.32. The van der Waals surface area contributed by atoms with E-state index in [1.54, 1.807) is 4.90 Å². The number of rotatable bonds is 4. The van der Waals surface area contributed by atoms with Crippen molar-refractivity contribution in [3.63, 3.8) is 0 Å². The Morgan fingerprint density at radius 2 is 1.59 bits per heavy atom. The average Bonchev–Trinajstić information content (AvgIpc) is 2.51. The molecule has 27 heavy (non-hydrogen) atoms. The van der Waals surface area contributed by atoms with Crippen LogP contribution in [0, 0.1) is 5.41 Å².